The molecule has 5 unspecified atom stereocenters. The molecule has 0 aromatic carbocycles. The standard InChI is InChI=1S/C28H49N5O4S/c1-19-14-20(2)18-31(17-19)28(35)26-16-29-33-13-10-23(15-27(26)33)22-8-11-32(12-9-22)38(36,37)25-6-4-24(5-7-25)30-21(3)34/h19-20,22-27,29H,4-18H2,1-3H3,(H,30,34). The number of rotatable bonds is 5. The number of hydrazine groups is 1. The number of nitrogens with one attached hydrogen (secondary N) is 2. The van der Waals surface area contributed by atoms with Gasteiger partial charge in [-0.3, -0.25) is 15.0 Å². The molecule has 2 amide bonds. The minimum atomic E-state index is -3.29. The van der Waals surface area contributed by atoms with Gasteiger partial charge in [0.2, 0.25) is 21.8 Å². The molecule has 216 valence electrons. The van der Waals surface area contributed by atoms with E-state index < -0.39 is 10.0 Å². The number of carbonyl (C=O) groups is 2. The van der Waals surface area contributed by atoms with Gasteiger partial charge in [0.1, 0.15) is 0 Å². The molecule has 4 aliphatic heterocycles. The Labute approximate surface area is 229 Å². The molecule has 5 rings (SSSR count). The molecule has 0 spiro atoms. The molecule has 0 aromatic heterocycles. The zero-order chi connectivity index (χ0) is 27.0. The molecule has 0 aromatic rings. The number of sulfonamides is 1. The van der Waals surface area contributed by atoms with Crippen molar-refractivity contribution in [1.82, 2.24) is 25.0 Å². The van der Waals surface area contributed by atoms with Gasteiger partial charge in [0.15, 0.2) is 0 Å². The molecule has 10 heteroatoms. The van der Waals surface area contributed by atoms with E-state index >= 15 is 0 Å². The molecule has 0 bridgehead atoms. The van der Waals surface area contributed by atoms with Crippen LogP contribution in [0.1, 0.15) is 78.6 Å². The third kappa shape index (κ3) is 6.08. The van der Waals surface area contributed by atoms with Gasteiger partial charge < -0.3 is 10.2 Å². The molecule has 1 saturated carbocycles. The summed E-state index contributed by atoms with van der Waals surface area (Å²) in [7, 11) is -3.29. The topological polar surface area (TPSA) is 102 Å². The van der Waals surface area contributed by atoms with E-state index in [1.54, 1.807) is 4.31 Å². The van der Waals surface area contributed by atoms with Crippen LogP contribution in [0.3, 0.4) is 0 Å². The number of likely N-dealkylation sites (tertiary alicyclic amines) is 1. The van der Waals surface area contributed by atoms with Crippen LogP contribution in [0.5, 0.6) is 0 Å². The van der Waals surface area contributed by atoms with Gasteiger partial charge in [-0.15, -0.1) is 0 Å². The van der Waals surface area contributed by atoms with Gasteiger partial charge in [0.25, 0.3) is 0 Å². The summed E-state index contributed by atoms with van der Waals surface area (Å²) in [5, 5.41) is 4.95. The van der Waals surface area contributed by atoms with Gasteiger partial charge in [-0.25, -0.2) is 17.7 Å². The van der Waals surface area contributed by atoms with Crippen molar-refractivity contribution >= 4 is 21.8 Å². The van der Waals surface area contributed by atoms with Crippen molar-refractivity contribution in [2.45, 2.75) is 95.9 Å². The first-order valence-electron chi connectivity index (χ1n) is 15.2. The third-order valence-corrected chi connectivity index (χ3v) is 12.6. The number of piperidine rings is 3. The number of amides is 2. The zero-order valence-electron chi connectivity index (χ0n) is 23.6. The Morgan fingerprint density at radius 1 is 0.842 bits per heavy atom. The van der Waals surface area contributed by atoms with E-state index in [-0.39, 0.29) is 29.2 Å². The third-order valence-electron chi connectivity index (χ3n) is 10.2. The maximum atomic E-state index is 13.6. The first-order valence-corrected chi connectivity index (χ1v) is 16.7. The number of hydrogen-bond acceptors (Lipinski definition) is 6. The lowest BCUT2D eigenvalue weighted by Crippen LogP contribution is -2.52. The van der Waals surface area contributed by atoms with Gasteiger partial charge in [0.05, 0.1) is 11.2 Å². The average molecular weight is 552 g/mol. The second-order valence-corrected chi connectivity index (χ2v) is 15.4. The fourth-order valence-corrected chi connectivity index (χ4v) is 10.3. The Morgan fingerprint density at radius 3 is 2.11 bits per heavy atom. The SMILES string of the molecule is CC(=O)NC1CCC(S(=O)(=O)N2CCC(C3CCN4NCC(C(=O)N5CC(C)CC(C)C5)C4C3)CC2)CC1. The predicted molar refractivity (Wildman–Crippen MR) is 147 cm³/mol. The van der Waals surface area contributed by atoms with Gasteiger partial charge in [-0.05, 0) is 81.5 Å². The van der Waals surface area contributed by atoms with Crippen molar-refractivity contribution in [3.8, 4) is 0 Å². The maximum Gasteiger partial charge on any atom is 0.228 e. The van der Waals surface area contributed by atoms with Crippen molar-refractivity contribution in [3.05, 3.63) is 0 Å². The lowest BCUT2D eigenvalue weighted by molar-refractivity contribution is -0.139. The van der Waals surface area contributed by atoms with Crippen LogP contribution in [0.15, 0.2) is 0 Å². The van der Waals surface area contributed by atoms with E-state index in [1.165, 1.54) is 13.3 Å². The highest BCUT2D eigenvalue weighted by atomic mass is 32.2. The minimum absolute atomic E-state index is 0.0309. The van der Waals surface area contributed by atoms with Crippen LogP contribution in [0.25, 0.3) is 0 Å². The van der Waals surface area contributed by atoms with E-state index in [9.17, 15) is 18.0 Å². The molecule has 0 radical (unpaired) electrons. The van der Waals surface area contributed by atoms with Crippen LogP contribution in [-0.4, -0.2) is 91.0 Å². The number of nitrogens with zero attached hydrogens (tertiary/aromatic N) is 3. The fourth-order valence-electron chi connectivity index (χ4n) is 8.32. The second kappa shape index (κ2) is 11.7. The molecular weight excluding hydrogens is 502 g/mol. The summed E-state index contributed by atoms with van der Waals surface area (Å²) in [6, 6.07) is 0.368. The van der Waals surface area contributed by atoms with Crippen LogP contribution in [-0.2, 0) is 19.6 Å². The summed E-state index contributed by atoms with van der Waals surface area (Å²) in [6.07, 6.45) is 7.94. The molecular formula is C28H49N5O4S. The summed E-state index contributed by atoms with van der Waals surface area (Å²) >= 11 is 0. The van der Waals surface area contributed by atoms with Crippen LogP contribution in [0.4, 0.5) is 0 Å². The van der Waals surface area contributed by atoms with Crippen LogP contribution in [0, 0.1) is 29.6 Å². The Bertz CT molecular complexity index is 950. The van der Waals surface area contributed by atoms with Crippen molar-refractivity contribution in [2.75, 3.05) is 39.3 Å². The number of hydrogen-bond donors (Lipinski definition) is 2. The molecule has 2 N–H and O–H groups in total. The van der Waals surface area contributed by atoms with Gasteiger partial charge in [0, 0.05) is 58.3 Å². The van der Waals surface area contributed by atoms with E-state index in [4.69, 9.17) is 0 Å². The first-order chi connectivity index (χ1) is 18.1. The molecule has 4 heterocycles. The highest BCUT2D eigenvalue weighted by Crippen LogP contribution is 2.40. The van der Waals surface area contributed by atoms with Gasteiger partial charge in [-0.2, -0.15) is 0 Å². The first kappa shape index (κ1) is 28.3. The van der Waals surface area contributed by atoms with E-state index in [2.05, 4.69) is 34.5 Å². The Kier molecular flexibility index (Phi) is 8.72. The monoisotopic (exact) mass is 551 g/mol. The predicted octanol–water partition coefficient (Wildman–Crippen LogP) is 2.20. The number of fused-ring (bicyclic) bond motifs is 1. The maximum absolute atomic E-state index is 13.6. The summed E-state index contributed by atoms with van der Waals surface area (Å²) in [5.41, 5.74) is 3.53. The molecule has 38 heavy (non-hydrogen) atoms. The summed E-state index contributed by atoms with van der Waals surface area (Å²) in [4.78, 5) is 27.0. The molecule has 1 aliphatic carbocycles. The van der Waals surface area contributed by atoms with E-state index in [0.717, 1.165) is 64.7 Å². The fraction of sp³-hybridized carbons (Fsp3) is 0.929. The Balaban J connectivity index is 1.13. The summed E-state index contributed by atoms with van der Waals surface area (Å²) in [5.74, 6) is 2.56. The molecule has 5 atom stereocenters. The molecule has 5 fully saturated rings. The summed E-state index contributed by atoms with van der Waals surface area (Å²) < 4.78 is 28.6. The van der Waals surface area contributed by atoms with E-state index in [1.807, 2.05) is 0 Å². The second-order valence-electron chi connectivity index (χ2n) is 13.2. The van der Waals surface area contributed by atoms with Crippen molar-refractivity contribution in [3.63, 3.8) is 0 Å². The van der Waals surface area contributed by atoms with Crippen molar-refractivity contribution in [2.24, 2.45) is 29.6 Å². The van der Waals surface area contributed by atoms with Crippen molar-refractivity contribution < 1.29 is 18.0 Å². The highest BCUT2D eigenvalue weighted by molar-refractivity contribution is 7.89. The van der Waals surface area contributed by atoms with Crippen LogP contribution >= 0.6 is 0 Å². The molecule has 4 saturated heterocycles. The Hall–Kier alpha value is -1.23. The van der Waals surface area contributed by atoms with E-state index in [0.29, 0.717) is 55.5 Å². The normalized spacial score (nSPS) is 38.1. The minimum Gasteiger partial charge on any atom is -0.354 e. The smallest absolute Gasteiger partial charge is 0.228 e. The van der Waals surface area contributed by atoms with Gasteiger partial charge >= 0.3 is 0 Å². The average Bonchev–Trinajstić information content (AvgIpc) is 3.31. The van der Waals surface area contributed by atoms with Crippen LogP contribution in [0.2, 0.25) is 0 Å². The summed E-state index contributed by atoms with van der Waals surface area (Å²) in [6.45, 7) is 10.8. The van der Waals surface area contributed by atoms with Crippen molar-refractivity contribution in [1.29, 1.82) is 0 Å². The molecule has 9 nitrogen and oxygen atoms in total. The largest absolute Gasteiger partial charge is 0.354 e. The lowest BCUT2D eigenvalue weighted by atomic mass is 9.75. The number of carbonyl (C=O) groups excluding carboxylic acids is 2. The van der Waals surface area contributed by atoms with Crippen LogP contribution < -0.4 is 10.7 Å². The molecule has 5 aliphatic rings. The quantitative estimate of drug-likeness (QED) is 0.543. The zero-order valence-corrected chi connectivity index (χ0v) is 24.4. The highest BCUT2D eigenvalue weighted by Gasteiger charge is 2.46. The Morgan fingerprint density at radius 2 is 1.47 bits per heavy atom. The van der Waals surface area contributed by atoms with Gasteiger partial charge in [-0.1, -0.05) is 13.8 Å². The lowest BCUT2D eigenvalue weighted by Gasteiger charge is -2.43.